The highest BCUT2D eigenvalue weighted by Gasteiger charge is 1.98. The number of halogens is 1. The Morgan fingerprint density at radius 3 is 2.73 bits per heavy atom. The highest BCUT2D eigenvalue weighted by atomic mass is 19.1. The normalized spacial score (nSPS) is 11.7. The van der Waals surface area contributed by atoms with E-state index in [1.165, 1.54) is 6.08 Å². The fourth-order valence-electron chi connectivity index (χ4n) is 1.31. The fraction of sp³-hybridized carbons (Fsp3) is 0. The van der Waals surface area contributed by atoms with Gasteiger partial charge in [-0.1, -0.05) is 18.2 Å². The van der Waals surface area contributed by atoms with E-state index in [1.807, 2.05) is 30.3 Å². The summed E-state index contributed by atoms with van der Waals surface area (Å²) in [6.07, 6.45) is 4.68. The minimum absolute atomic E-state index is 0.470. The van der Waals surface area contributed by atoms with E-state index in [1.54, 1.807) is 17.1 Å². The van der Waals surface area contributed by atoms with Crippen LogP contribution >= 0.6 is 0 Å². The van der Waals surface area contributed by atoms with Gasteiger partial charge in [0.2, 0.25) is 0 Å². The molecule has 0 saturated carbocycles. The average molecular weight is 201 g/mol. The van der Waals surface area contributed by atoms with E-state index >= 15 is 0 Å². The number of allylic oxidation sites excluding steroid dienone is 1. The van der Waals surface area contributed by atoms with E-state index in [0.29, 0.717) is 5.56 Å². The molecule has 0 fully saturated rings. The second kappa shape index (κ2) is 4.09. The summed E-state index contributed by atoms with van der Waals surface area (Å²) in [4.78, 5) is 0. The number of nitrogens with zero attached hydrogens (tertiary/aromatic N) is 2. The molecule has 0 bridgehead atoms. The molecule has 0 unspecified atom stereocenters. The quantitative estimate of drug-likeness (QED) is 0.730. The summed E-state index contributed by atoms with van der Waals surface area (Å²) >= 11 is 0. The zero-order valence-corrected chi connectivity index (χ0v) is 8.10. The molecular weight excluding hydrogens is 191 g/mol. The Hall–Kier alpha value is -1.90. The van der Waals surface area contributed by atoms with Crippen LogP contribution in [0.15, 0.2) is 48.6 Å². The zero-order chi connectivity index (χ0) is 10.7. The van der Waals surface area contributed by atoms with Crippen molar-refractivity contribution >= 4 is 6.08 Å². The Labute approximate surface area is 87.7 Å². The van der Waals surface area contributed by atoms with Crippen LogP contribution in [0.2, 0.25) is 0 Å². The third-order valence-electron chi connectivity index (χ3n) is 1.95. The molecule has 0 N–H and O–H groups in total. The highest BCUT2D eigenvalue weighted by molar-refractivity contribution is 5.50. The van der Waals surface area contributed by atoms with Crippen LogP contribution in [-0.4, -0.2) is 9.78 Å². The van der Waals surface area contributed by atoms with E-state index in [-0.39, 0.29) is 0 Å². The third-order valence-corrected chi connectivity index (χ3v) is 1.95. The Morgan fingerprint density at radius 2 is 2.07 bits per heavy atom. The Balaban J connectivity index is 2.32. The molecular formula is C12H10FN2. The Morgan fingerprint density at radius 1 is 1.33 bits per heavy atom. The summed E-state index contributed by atoms with van der Waals surface area (Å²) in [5.74, 6) is -0.470. The number of para-hydroxylation sites is 1. The third kappa shape index (κ3) is 2.31. The summed E-state index contributed by atoms with van der Waals surface area (Å²) in [6.45, 7) is 3.17. The summed E-state index contributed by atoms with van der Waals surface area (Å²) in [5, 5.41) is 4.12. The van der Waals surface area contributed by atoms with Crippen LogP contribution in [0.5, 0.6) is 0 Å². The maximum atomic E-state index is 12.5. The van der Waals surface area contributed by atoms with Gasteiger partial charge in [0.15, 0.2) is 0 Å². The first-order valence-electron chi connectivity index (χ1n) is 4.55. The summed E-state index contributed by atoms with van der Waals surface area (Å²) in [6, 6.07) is 9.65. The van der Waals surface area contributed by atoms with E-state index in [4.69, 9.17) is 0 Å². The molecule has 1 aromatic heterocycles. The second-order valence-corrected chi connectivity index (χ2v) is 3.14. The number of hydrogen-bond acceptors (Lipinski definition) is 1. The lowest BCUT2D eigenvalue weighted by molar-refractivity contribution is 0.673. The topological polar surface area (TPSA) is 17.8 Å². The van der Waals surface area contributed by atoms with Crippen LogP contribution in [0.25, 0.3) is 11.8 Å². The first kappa shape index (κ1) is 9.65. The van der Waals surface area contributed by atoms with Crippen molar-refractivity contribution in [3.05, 3.63) is 61.0 Å². The summed E-state index contributed by atoms with van der Waals surface area (Å²) in [7, 11) is 0. The van der Waals surface area contributed by atoms with Gasteiger partial charge in [0, 0.05) is 18.7 Å². The van der Waals surface area contributed by atoms with Crippen molar-refractivity contribution in [2.75, 3.05) is 0 Å². The molecule has 75 valence electrons. The largest absolute Gasteiger partial charge is 0.240 e. The molecule has 1 aromatic carbocycles. The minimum Gasteiger partial charge on any atom is -0.240 e. The van der Waals surface area contributed by atoms with Gasteiger partial charge in [0.1, 0.15) is 5.83 Å². The van der Waals surface area contributed by atoms with Crippen LogP contribution in [0.1, 0.15) is 5.56 Å². The van der Waals surface area contributed by atoms with E-state index in [0.717, 1.165) is 5.69 Å². The molecule has 0 aliphatic heterocycles. The van der Waals surface area contributed by atoms with Crippen LogP contribution in [0.3, 0.4) is 0 Å². The van der Waals surface area contributed by atoms with Crippen molar-refractivity contribution in [3.8, 4) is 5.69 Å². The van der Waals surface area contributed by atoms with Crippen LogP contribution in [0, 0.1) is 6.92 Å². The lowest BCUT2D eigenvalue weighted by Gasteiger charge is -1.98. The molecule has 15 heavy (non-hydrogen) atoms. The zero-order valence-electron chi connectivity index (χ0n) is 8.10. The highest BCUT2D eigenvalue weighted by Crippen LogP contribution is 2.10. The Bertz CT molecular complexity index is 467. The first-order chi connectivity index (χ1) is 7.25. The second-order valence-electron chi connectivity index (χ2n) is 3.14. The molecule has 0 spiro atoms. The van der Waals surface area contributed by atoms with Gasteiger partial charge in [0.25, 0.3) is 0 Å². The van der Waals surface area contributed by atoms with Crippen LogP contribution in [-0.2, 0) is 0 Å². The van der Waals surface area contributed by atoms with Crippen molar-refractivity contribution in [1.29, 1.82) is 0 Å². The molecule has 0 aliphatic carbocycles. The molecule has 0 amide bonds. The smallest absolute Gasteiger partial charge is 0.101 e. The van der Waals surface area contributed by atoms with Crippen molar-refractivity contribution in [1.82, 2.24) is 9.78 Å². The van der Waals surface area contributed by atoms with Gasteiger partial charge in [-0.15, -0.1) is 0 Å². The maximum absolute atomic E-state index is 12.5. The maximum Gasteiger partial charge on any atom is 0.101 e. The van der Waals surface area contributed by atoms with E-state index in [9.17, 15) is 4.39 Å². The predicted octanol–water partition coefficient (Wildman–Crippen LogP) is 3.02. The van der Waals surface area contributed by atoms with Gasteiger partial charge < -0.3 is 0 Å². The SMILES string of the molecule is [CH2]/C(F)=C/c1cnn(-c2ccccc2)c1. The standard InChI is InChI=1S/C12H10FN2/c1-10(13)7-11-8-14-15(9-11)12-5-3-2-4-6-12/h2-9H,1H2/b10-7-. The number of benzene rings is 1. The lowest BCUT2D eigenvalue weighted by atomic mass is 10.3. The van der Waals surface area contributed by atoms with Crippen LogP contribution in [0.4, 0.5) is 4.39 Å². The molecule has 2 rings (SSSR count). The number of hydrogen-bond donors (Lipinski definition) is 0. The molecule has 0 aliphatic rings. The fourth-order valence-corrected chi connectivity index (χ4v) is 1.31. The summed E-state index contributed by atoms with van der Waals surface area (Å²) in [5.41, 5.74) is 1.65. The molecule has 0 saturated heterocycles. The molecule has 1 radical (unpaired) electrons. The first-order valence-corrected chi connectivity index (χ1v) is 4.55. The van der Waals surface area contributed by atoms with Crippen molar-refractivity contribution < 1.29 is 4.39 Å². The van der Waals surface area contributed by atoms with E-state index < -0.39 is 5.83 Å². The molecule has 2 aromatic rings. The predicted molar refractivity (Wildman–Crippen MR) is 58.0 cm³/mol. The monoisotopic (exact) mass is 201 g/mol. The van der Waals surface area contributed by atoms with Crippen molar-refractivity contribution in [2.24, 2.45) is 0 Å². The minimum atomic E-state index is -0.470. The van der Waals surface area contributed by atoms with Crippen molar-refractivity contribution in [3.63, 3.8) is 0 Å². The van der Waals surface area contributed by atoms with Gasteiger partial charge in [-0.3, -0.25) is 0 Å². The molecule has 2 nitrogen and oxygen atoms in total. The Kier molecular flexibility index (Phi) is 2.63. The van der Waals surface area contributed by atoms with Crippen LogP contribution < -0.4 is 0 Å². The van der Waals surface area contributed by atoms with Gasteiger partial charge in [-0.25, -0.2) is 9.07 Å². The molecule has 1 heterocycles. The summed E-state index contributed by atoms with van der Waals surface area (Å²) < 4.78 is 14.2. The average Bonchev–Trinajstić information content (AvgIpc) is 2.67. The van der Waals surface area contributed by atoms with E-state index in [2.05, 4.69) is 12.0 Å². The van der Waals surface area contributed by atoms with Gasteiger partial charge >= 0.3 is 0 Å². The van der Waals surface area contributed by atoms with Gasteiger partial charge in [-0.2, -0.15) is 5.10 Å². The number of rotatable bonds is 2. The van der Waals surface area contributed by atoms with Gasteiger partial charge in [-0.05, 0) is 18.2 Å². The number of aromatic nitrogens is 2. The lowest BCUT2D eigenvalue weighted by Crippen LogP contribution is -1.92. The molecule has 3 heteroatoms. The molecule has 0 atom stereocenters. The van der Waals surface area contributed by atoms with Gasteiger partial charge in [0.05, 0.1) is 11.9 Å². The van der Waals surface area contributed by atoms with Crippen molar-refractivity contribution in [2.45, 2.75) is 0 Å².